The van der Waals surface area contributed by atoms with E-state index in [4.69, 9.17) is 23.2 Å². The number of carboxylic acid groups (broad SMARTS) is 1. The lowest BCUT2D eigenvalue weighted by Gasteiger charge is -2.28. The third-order valence-electron chi connectivity index (χ3n) is 3.85. The largest absolute Gasteiger partial charge is 0.480 e. The Labute approximate surface area is 133 Å². The van der Waals surface area contributed by atoms with Gasteiger partial charge in [-0.05, 0) is 37.0 Å². The number of carboxylic acids is 1. The number of hydrogen-bond acceptors (Lipinski definition) is 2. The normalized spacial score (nSPS) is 17.2. The molecule has 1 aromatic rings. The minimum absolute atomic E-state index is 0.0295. The summed E-state index contributed by atoms with van der Waals surface area (Å²) in [5.74, 6) is -1.54. The Kier molecular flexibility index (Phi) is 5.48. The topological polar surface area (TPSA) is 66.4 Å². The zero-order valence-corrected chi connectivity index (χ0v) is 13.0. The Bertz CT molecular complexity index is 542. The number of hydrogen-bond donors (Lipinski definition) is 2. The van der Waals surface area contributed by atoms with Crippen LogP contribution in [0.1, 0.15) is 42.5 Å². The number of carbonyl (C=O) groups excluding carboxylic acids is 1. The summed E-state index contributed by atoms with van der Waals surface area (Å²) in [4.78, 5) is 23.7. The summed E-state index contributed by atoms with van der Waals surface area (Å²) in [5.41, 5.74) is 0.200. The van der Waals surface area contributed by atoms with E-state index in [1.54, 1.807) is 6.07 Å². The summed E-state index contributed by atoms with van der Waals surface area (Å²) in [7, 11) is 0. The van der Waals surface area contributed by atoms with E-state index in [0.717, 1.165) is 32.1 Å². The number of rotatable bonds is 4. The monoisotopic (exact) mass is 329 g/mol. The van der Waals surface area contributed by atoms with E-state index in [9.17, 15) is 14.7 Å². The second-order valence-corrected chi connectivity index (χ2v) is 6.16. The van der Waals surface area contributed by atoms with Crippen molar-refractivity contribution in [1.82, 2.24) is 5.32 Å². The highest BCUT2D eigenvalue weighted by Gasteiger charge is 2.31. The Balaban J connectivity index is 2.14. The first-order valence-electron chi connectivity index (χ1n) is 6.98. The van der Waals surface area contributed by atoms with Crippen molar-refractivity contribution in [2.24, 2.45) is 5.92 Å². The molecule has 0 aromatic heterocycles. The van der Waals surface area contributed by atoms with Gasteiger partial charge in [-0.25, -0.2) is 4.79 Å². The molecule has 1 aliphatic carbocycles. The van der Waals surface area contributed by atoms with Crippen LogP contribution < -0.4 is 5.32 Å². The van der Waals surface area contributed by atoms with E-state index in [0.29, 0.717) is 5.02 Å². The number of amides is 1. The lowest BCUT2D eigenvalue weighted by molar-refractivity contribution is -0.141. The van der Waals surface area contributed by atoms with Crippen LogP contribution in [-0.4, -0.2) is 23.0 Å². The molecule has 0 aliphatic heterocycles. The smallest absolute Gasteiger partial charge is 0.326 e. The Hall–Kier alpha value is -1.26. The van der Waals surface area contributed by atoms with Crippen molar-refractivity contribution in [2.45, 2.75) is 38.1 Å². The van der Waals surface area contributed by atoms with E-state index < -0.39 is 17.9 Å². The number of nitrogens with one attached hydrogen (secondary N) is 1. The zero-order valence-electron chi connectivity index (χ0n) is 11.4. The van der Waals surface area contributed by atoms with E-state index in [1.165, 1.54) is 12.1 Å². The van der Waals surface area contributed by atoms with Crippen molar-refractivity contribution in [2.75, 3.05) is 0 Å². The van der Waals surface area contributed by atoms with E-state index in [1.807, 2.05) is 0 Å². The van der Waals surface area contributed by atoms with Gasteiger partial charge in [0.2, 0.25) is 0 Å². The van der Waals surface area contributed by atoms with Gasteiger partial charge in [-0.15, -0.1) is 0 Å². The molecular weight excluding hydrogens is 313 g/mol. The van der Waals surface area contributed by atoms with Crippen LogP contribution in [0.3, 0.4) is 0 Å². The first-order valence-corrected chi connectivity index (χ1v) is 7.73. The van der Waals surface area contributed by atoms with Crippen LogP contribution in [0.15, 0.2) is 18.2 Å². The van der Waals surface area contributed by atoms with Crippen molar-refractivity contribution in [3.05, 3.63) is 33.8 Å². The maximum Gasteiger partial charge on any atom is 0.326 e. The maximum absolute atomic E-state index is 12.3. The van der Waals surface area contributed by atoms with Gasteiger partial charge in [-0.2, -0.15) is 0 Å². The van der Waals surface area contributed by atoms with Crippen molar-refractivity contribution >= 4 is 35.1 Å². The summed E-state index contributed by atoms with van der Waals surface area (Å²) in [5, 5.41) is 12.6. The molecule has 4 nitrogen and oxygen atoms in total. The number of benzene rings is 1. The average molecular weight is 330 g/mol. The molecule has 0 heterocycles. The highest BCUT2D eigenvalue weighted by atomic mass is 35.5. The summed E-state index contributed by atoms with van der Waals surface area (Å²) in [6.07, 6.45) is 4.77. The van der Waals surface area contributed by atoms with Crippen LogP contribution in [0.5, 0.6) is 0 Å². The van der Waals surface area contributed by atoms with Crippen LogP contribution in [0, 0.1) is 5.92 Å². The van der Waals surface area contributed by atoms with Gasteiger partial charge in [0, 0.05) is 5.02 Å². The summed E-state index contributed by atoms with van der Waals surface area (Å²) in [6, 6.07) is 3.66. The zero-order chi connectivity index (χ0) is 15.4. The fourth-order valence-electron chi connectivity index (χ4n) is 2.74. The molecule has 114 valence electrons. The van der Waals surface area contributed by atoms with Gasteiger partial charge >= 0.3 is 5.97 Å². The van der Waals surface area contributed by atoms with E-state index in [-0.39, 0.29) is 16.5 Å². The van der Waals surface area contributed by atoms with Gasteiger partial charge in [0.05, 0.1) is 10.6 Å². The lowest BCUT2D eigenvalue weighted by Crippen LogP contribution is -2.46. The highest BCUT2D eigenvalue weighted by Crippen LogP contribution is 2.27. The van der Waals surface area contributed by atoms with E-state index in [2.05, 4.69) is 5.32 Å². The van der Waals surface area contributed by atoms with Crippen LogP contribution in [-0.2, 0) is 4.79 Å². The number of halogens is 2. The molecule has 0 radical (unpaired) electrons. The van der Waals surface area contributed by atoms with Crippen molar-refractivity contribution in [3.63, 3.8) is 0 Å². The molecule has 1 amide bonds. The van der Waals surface area contributed by atoms with Crippen molar-refractivity contribution in [3.8, 4) is 0 Å². The fourth-order valence-corrected chi connectivity index (χ4v) is 3.11. The molecule has 0 saturated heterocycles. The average Bonchev–Trinajstić information content (AvgIpc) is 2.47. The molecule has 6 heteroatoms. The molecule has 1 aromatic carbocycles. The minimum Gasteiger partial charge on any atom is -0.480 e. The quantitative estimate of drug-likeness (QED) is 0.883. The molecule has 1 saturated carbocycles. The minimum atomic E-state index is -1.01. The van der Waals surface area contributed by atoms with Crippen LogP contribution in [0.25, 0.3) is 0 Å². The molecule has 1 fully saturated rings. The van der Waals surface area contributed by atoms with Gasteiger partial charge in [0.15, 0.2) is 0 Å². The Morgan fingerprint density at radius 2 is 1.86 bits per heavy atom. The number of carbonyl (C=O) groups is 2. The Morgan fingerprint density at radius 1 is 1.19 bits per heavy atom. The molecule has 1 aliphatic rings. The summed E-state index contributed by atoms with van der Waals surface area (Å²) >= 11 is 11.8. The van der Waals surface area contributed by atoms with Gasteiger partial charge in [0.1, 0.15) is 6.04 Å². The van der Waals surface area contributed by atoms with Gasteiger partial charge < -0.3 is 10.4 Å². The molecule has 1 atom stereocenters. The standard InChI is InChI=1S/C15H17Cl2NO3/c16-10-6-7-12(17)11(8-10)14(19)18-13(15(20)21)9-4-2-1-3-5-9/h6-9,13H,1-5H2,(H,18,19)(H,20,21)/t13-/m0/s1. The molecule has 0 bridgehead atoms. The second kappa shape index (κ2) is 7.14. The van der Waals surface area contributed by atoms with Gasteiger partial charge in [-0.1, -0.05) is 42.5 Å². The first kappa shape index (κ1) is 16.1. The van der Waals surface area contributed by atoms with Gasteiger partial charge in [-0.3, -0.25) is 4.79 Å². The fraction of sp³-hybridized carbons (Fsp3) is 0.467. The number of aliphatic carboxylic acids is 1. The predicted molar refractivity (Wildman–Crippen MR) is 81.9 cm³/mol. The molecule has 21 heavy (non-hydrogen) atoms. The summed E-state index contributed by atoms with van der Waals surface area (Å²) in [6.45, 7) is 0. The third-order valence-corrected chi connectivity index (χ3v) is 4.41. The molecular formula is C15H17Cl2NO3. The van der Waals surface area contributed by atoms with Crippen molar-refractivity contribution < 1.29 is 14.7 Å². The summed E-state index contributed by atoms with van der Waals surface area (Å²) < 4.78 is 0. The van der Waals surface area contributed by atoms with Crippen molar-refractivity contribution in [1.29, 1.82) is 0 Å². The molecule has 0 unspecified atom stereocenters. The van der Waals surface area contributed by atoms with Crippen LogP contribution >= 0.6 is 23.2 Å². The second-order valence-electron chi connectivity index (χ2n) is 5.31. The molecule has 2 rings (SSSR count). The Morgan fingerprint density at radius 3 is 2.48 bits per heavy atom. The third kappa shape index (κ3) is 4.11. The van der Waals surface area contributed by atoms with E-state index >= 15 is 0 Å². The first-order chi connectivity index (χ1) is 9.99. The maximum atomic E-state index is 12.3. The lowest BCUT2D eigenvalue weighted by atomic mass is 9.84. The molecule has 0 spiro atoms. The van der Waals surface area contributed by atoms with Crippen LogP contribution in [0.2, 0.25) is 10.0 Å². The van der Waals surface area contributed by atoms with Gasteiger partial charge in [0.25, 0.3) is 5.91 Å². The highest BCUT2D eigenvalue weighted by molar-refractivity contribution is 6.35. The predicted octanol–water partition coefficient (Wildman–Crippen LogP) is 3.76. The SMILES string of the molecule is O=C(N[C@H](C(=O)O)C1CCCCC1)c1cc(Cl)ccc1Cl. The molecule has 2 N–H and O–H groups in total. The van der Waals surface area contributed by atoms with Crippen LogP contribution in [0.4, 0.5) is 0 Å².